The van der Waals surface area contributed by atoms with E-state index < -0.39 is 15.6 Å². The van der Waals surface area contributed by atoms with Crippen LogP contribution in [0.15, 0.2) is 29.2 Å². The minimum absolute atomic E-state index is 0.233. The highest BCUT2D eigenvalue weighted by atomic mass is 32.2. The third-order valence-corrected chi connectivity index (χ3v) is 5.97. The zero-order valence-electron chi connectivity index (χ0n) is 13.2. The van der Waals surface area contributed by atoms with Crippen molar-refractivity contribution in [3.8, 4) is 5.75 Å². The van der Waals surface area contributed by atoms with E-state index in [1.54, 1.807) is 24.3 Å². The van der Waals surface area contributed by atoms with Gasteiger partial charge in [0.15, 0.2) is 0 Å². The van der Waals surface area contributed by atoms with E-state index in [0.717, 1.165) is 6.54 Å². The van der Waals surface area contributed by atoms with Gasteiger partial charge in [-0.05, 0) is 12.1 Å². The Hall–Kier alpha value is -1.19. The van der Waals surface area contributed by atoms with E-state index in [1.807, 2.05) is 0 Å². The molecule has 1 spiro atoms. The van der Waals surface area contributed by atoms with Crippen LogP contribution in [0.3, 0.4) is 0 Å². The Balaban J connectivity index is 1.84. The Morgan fingerprint density at radius 1 is 1.35 bits per heavy atom. The fraction of sp³-hybridized carbons (Fsp3) is 0.600. The number of nitrogens with one attached hydrogen (secondary N) is 1. The van der Waals surface area contributed by atoms with Crippen molar-refractivity contribution in [1.82, 2.24) is 9.62 Å². The second-order valence-corrected chi connectivity index (χ2v) is 7.72. The van der Waals surface area contributed by atoms with Gasteiger partial charge in [-0.1, -0.05) is 6.07 Å². The van der Waals surface area contributed by atoms with Gasteiger partial charge in [0, 0.05) is 32.2 Å². The number of nitrogens with zero attached hydrogens (tertiary/aromatic N) is 1. The first-order valence-electron chi connectivity index (χ1n) is 7.62. The summed E-state index contributed by atoms with van der Waals surface area (Å²) in [6.45, 7) is 3.29. The van der Waals surface area contributed by atoms with E-state index in [0.29, 0.717) is 38.7 Å². The molecule has 0 aromatic heterocycles. The first-order chi connectivity index (χ1) is 11.1. The fourth-order valence-electron chi connectivity index (χ4n) is 2.89. The molecule has 2 fully saturated rings. The zero-order chi connectivity index (χ0) is 16.3. The largest absolute Gasteiger partial charge is 0.497 e. The summed E-state index contributed by atoms with van der Waals surface area (Å²) in [6.07, 6.45) is 0. The molecule has 2 aliphatic rings. The predicted molar refractivity (Wildman–Crippen MR) is 84.1 cm³/mol. The van der Waals surface area contributed by atoms with Crippen molar-refractivity contribution < 1.29 is 22.6 Å². The molecule has 2 heterocycles. The summed E-state index contributed by atoms with van der Waals surface area (Å²) < 4.78 is 43.9. The molecule has 1 aromatic carbocycles. The van der Waals surface area contributed by atoms with E-state index in [9.17, 15) is 8.42 Å². The molecule has 3 rings (SSSR count). The lowest BCUT2D eigenvalue weighted by atomic mass is 10.0. The molecular weight excluding hydrogens is 320 g/mol. The van der Waals surface area contributed by atoms with Crippen molar-refractivity contribution in [2.75, 3.05) is 53.1 Å². The van der Waals surface area contributed by atoms with Crippen LogP contribution in [-0.4, -0.2) is 71.4 Å². The van der Waals surface area contributed by atoms with Crippen molar-refractivity contribution in [1.29, 1.82) is 0 Å². The third kappa shape index (κ3) is 3.51. The van der Waals surface area contributed by atoms with E-state index in [-0.39, 0.29) is 11.4 Å². The molecule has 128 valence electrons. The Bertz CT molecular complexity index is 641. The van der Waals surface area contributed by atoms with Crippen LogP contribution in [0, 0.1) is 0 Å². The van der Waals surface area contributed by atoms with Crippen LogP contribution in [0.2, 0.25) is 0 Å². The molecular formula is C15H22N2O5S. The summed E-state index contributed by atoms with van der Waals surface area (Å²) >= 11 is 0. The van der Waals surface area contributed by atoms with Crippen molar-refractivity contribution in [2.45, 2.75) is 10.5 Å². The second-order valence-electron chi connectivity index (χ2n) is 5.78. The van der Waals surface area contributed by atoms with Crippen LogP contribution >= 0.6 is 0 Å². The Morgan fingerprint density at radius 2 is 2.22 bits per heavy atom. The van der Waals surface area contributed by atoms with Gasteiger partial charge in [0.05, 0.1) is 31.8 Å². The molecule has 0 radical (unpaired) electrons. The van der Waals surface area contributed by atoms with Gasteiger partial charge in [0.25, 0.3) is 0 Å². The Morgan fingerprint density at radius 3 is 3.04 bits per heavy atom. The summed E-state index contributed by atoms with van der Waals surface area (Å²) in [6, 6.07) is 6.53. The van der Waals surface area contributed by atoms with E-state index in [4.69, 9.17) is 14.2 Å². The van der Waals surface area contributed by atoms with Gasteiger partial charge >= 0.3 is 0 Å². The van der Waals surface area contributed by atoms with Gasteiger partial charge in [-0.3, -0.25) is 0 Å². The van der Waals surface area contributed by atoms with E-state index in [1.165, 1.54) is 11.4 Å². The van der Waals surface area contributed by atoms with Gasteiger partial charge in [0.1, 0.15) is 11.4 Å². The van der Waals surface area contributed by atoms with Crippen LogP contribution in [0.5, 0.6) is 5.75 Å². The van der Waals surface area contributed by atoms with Crippen LogP contribution in [0.1, 0.15) is 0 Å². The zero-order valence-corrected chi connectivity index (χ0v) is 14.0. The molecule has 8 heteroatoms. The van der Waals surface area contributed by atoms with E-state index in [2.05, 4.69) is 5.32 Å². The standard InChI is InChI=1S/C15H22N2O5S/c1-20-13-3-2-4-14(9-13)23(18,19)17-6-8-22-15(11-17)10-16-5-7-21-12-15/h2-4,9,16H,5-8,10-12H2,1H3/t15-/m0/s1. The van der Waals surface area contributed by atoms with Crippen LogP contribution in [-0.2, 0) is 19.5 Å². The number of sulfonamides is 1. The summed E-state index contributed by atoms with van der Waals surface area (Å²) in [7, 11) is -2.07. The minimum atomic E-state index is -3.59. The van der Waals surface area contributed by atoms with Crippen LogP contribution in [0.4, 0.5) is 0 Å². The predicted octanol–water partition coefficient (Wildman–Crippen LogP) is 0.0747. The second kappa shape index (κ2) is 6.74. The number of methoxy groups -OCH3 is 1. The van der Waals surface area contributed by atoms with Crippen molar-refractivity contribution in [3.05, 3.63) is 24.3 Å². The first-order valence-corrected chi connectivity index (χ1v) is 9.06. The van der Waals surface area contributed by atoms with Gasteiger partial charge in [-0.25, -0.2) is 8.42 Å². The molecule has 0 bridgehead atoms. The smallest absolute Gasteiger partial charge is 0.243 e. The average molecular weight is 342 g/mol. The summed E-state index contributed by atoms with van der Waals surface area (Å²) in [5.41, 5.74) is -0.624. The highest BCUT2D eigenvalue weighted by Crippen LogP contribution is 2.26. The summed E-state index contributed by atoms with van der Waals surface area (Å²) in [5, 5.41) is 3.25. The topological polar surface area (TPSA) is 77.1 Å². The molecule has 1 aromatic rings. The quantitative estimate of drug-likeness (QED) is 0.838. The molecule has 23 heavy (non-hydrogen) atoms. The van der Waals surface area contributed by atoms with Crippen molar-refractivity contribution >= 4 is 10.0 Å². The number of hydrogen-bond donors (Lipinski definition) is 1. The summed E-state index contributed by atoms with van der Waals surface area (Å²) in [4.78, 5) is 0.233. The Kier molecular flexibility index (Phi) is 4.88. The van der Waals surface area contributed by atoms with Crippen molar-refractivity contribution in [2.24, 2.45) is 0 Å². The van der Waals surface area contributed by atoms with E-state index >= 15 is 0 Å². The fourth-order valence-corrected chi connectivity index (χ4v) is 4.42. The van der Waals surface area contributed by atoms with Gasteiger partial charge < -0.3 is 19.5 Å². The lowest BCUT2D eigenvalue weighted by molar-refractivity contribution is -0.118. The molecule has 7 nitrogen and oxygen atoms in total. The molecule has 2 aliphatic heterocycles. The monoisotopic (exact) mass is 342 g/mol. The summed E-state index contributed by atoms with van der Waals surface area (Å²) in [5.74, 6) is 0.522. The number of rotatable bonds is 3. The maximum Gasteiger partial charge on any atom is 0.243 e. The molecule has 0 saturated carbocycles. The molecule has 1 atom stereocenters. The first kappa shape index (κ1) is 16.7. The normalized spacial score (nSPS) is 26.8. The van der Waals surface area contributed by atoms with Crippen LogP contribution < -0.4 is 10.1 Å². The minimum Gasteiger partial charge on any atom is -0.497 e. The highest BCUT2D eigenvalue weighted by Gasteiger charge is 2.42. The number of ether oxygens (including phenoxy) is 3. The average Bonchev–Trinajstić information content (AvgIpc) is 2.80. The maximum atomic E-state index is 12.9. The molecule has 0 aliphatic carbocycles. The SMILES string of the molecule is COc1cccc(S(=O)(=O)N2CCO[C@@]3(CNCCOC3)C2)c1. The molecule has 0 amide bonds. The highest BCUT2D eigenvalue weighted by molar-refractivity contribution is 7.89. The maximum absolute atomic E-state index is 12.9. The molecule has 2 saturated heterocycles. The van der Waals surface area contributed by atoms with Gasteiger partial charge in [0.2, 0.25) is 10.0 Å². The molecule has 1 N–H and O–H groups in total. The number of hydrogen-bond acceptors (Lipinski definition) is 6. The van der Waals surface area contributed by atoms with Crippen molar-refractivity contribution in [3.63, 3.8) is 0 Å². The lowest BCUT2D eigenvalue weighted by Crippen LogP contribution is -2.59. The molecule has 0 unspecified atom stereocenters. The van der Waals surface area contributed by atoms with Crippen LogP contribution in [0.25, 0.3) is 0 Å². The Labute approximate surface area is 136 Å². The number of benzene rings is 1. The van der Waals surface area contributed by atoms with Gasteiger partial charge in [-0.15, -0.1) is 0 Å². The number of morpholine rings is 1. The van der Waals surface area contributed by atoms with Gasteiger partial charge in [-0.2, -0.15) is 4.31 Å². The lowest BCUT2D eigenvalue weighted by Gasteiger charge is -2.41. The third-order valence-electron chi connectivity index (χ3n) is 4.13.